The lowest BCUT2D eigenvalue weighted by Gasteiger charge is -2.42. The molecule has 0 spiro atoms. The first kappa shape index (κ1) is 49.1. The summed E-state index contributed by atoms with van der Waals surface area (Å²) < 4.78 is 33.8. The average Bonchev–Trinajstić information content (AvgIpc) is 3.16. The molecule has 2 aliphatic heterocycles. The SMILES string of the molecule is CCCCCCCCCCCCCCCCCCCOCC(COC1OC(COC2OC(CO)C(O)C(O)C2O)C(O)C(O)C1O)OC(=O)CCCCC. The molecule has 320 valence electrons. The lowest BCUT2D eigenvalue weighted by molar-refractivity contribution is -0.332. The largest absolute Gasteiger partial charge is 0.457 e. The molecular formula is C40H76O14. The Morgan fingerprint density at radius 3 is 1.50 bits per heavy atom. The van der Waals surface area contributed by atoms with Crippen molar-refractivity contribution in [2.24, 2.45) is 0 Å². The summed E-state index contributed by atoms with van der Waals surface area (Å²) in [5.74, 6) is -0.398. The summed E-state index contributed by atoms with van der Waals surface area (Å²) in [6.07, 6.45) is 8.51. The van der Waals surface area contributed by atoms with Gasteiger partial charge in [-0.2, -0.15) is 0 Å². The van der Waals surface area contributed by atoms with Crippen molar-refractivity contribution in [2.75, 3.05) is 33.0 Å². The minimum absolute atomic E-state index is 0.0655. The van der Waals surface area contributed by atoms with E-state index in [1.807, 2.05) is 6.92 Å². The Balaban J connectivity index is 1.70. The second-order valence-electron chi connectivity index (χ2n) is 15.2. The highest BCUT2D eigenvalue weighted by Gasteiger charge is 2.47. The van der Waals surface area contributed by atoms with E-state index in [-0.39, 0.29) is 19.6 Å². The lowest BCUT2D eigenvalue weighted by Crippen LogP contribution is -2.61. The summed E-state index contributed by atoms with van der Waals surface area (Å²) in [4.78, 5) is 12.6. The molecule has 7 N–H and O–H groups in total. The molecule has 14 nitrogen and oxygen atoms in total. The Labute approximate surface area is 323 Å². The van der Waals surface area contributed by atoms with Crippen molar-refractivity contribution in [3.8, 4) is 0 Å². The van der Waals surface area contributed by atoms with Crippen LogP contribution in [0.1, 0.15) is 149 Å². The number of hydrogen-bond donors (Lipinski definition) is 7. The molecule has 0 aromatic carbocycles. The predicted molar refractivity (Wildman–Crippen MR) is 201 cm³/mol. The molecule has 0 aliphatic carbocycles. The third kappa shape index (κ3) is 19.4. The monoisotopic (exact) mass is 781 g/mol. The van der Waals surface area contributed by atoms with E-state index in [1.54, 1.807) is 0 Å². The average molecular weight is 781 g/mol. The second kappa shape index (κ2) is 30.1. The van der Waals surface area contributed by atoms with Crippen LogP contribution in [0.25, 0.3) is 0 Å². The van der Waals surface area contributed by atoms with E-state index < -0.39 is 86.7 Å². The highest BCUT2D eigenvalue weighted by Crippen LogP contribution is 2.26. The van der Waals surface area contributed by atoms with E-state index in [2.05, 4.69) is 6.92 Å². The topological polar surface area (TPSA) is 214 Å². The fourth-order valence-corrected chi connectivity index (χ4v) is 6.81. The molecule has 2 rings (SSSR count). The smallest absolute Gasteiger partial charge is 0.306 e. The number of ether oxygens (including phenoxy) is 6. The highest BCUT2D eigenvalue weighted by molar-refractivity contribution is 5.69. The van der Waals surface area contributed by atoms with Crippen LogP contribution in [0, 0.1) is 0 Å². The van der Waals surface area contributed by atoms with Crippen molar-refractivity contribution in [2.45, 2.75) is 216 Å². The molecule has 2 heterocycles. The number of aliphatic hydroxyl groups is 7. The van der Waals surface area contributed by atoms with E-state index >= 15 is 0 Å². The fraction of sp³-hybridized carbons (Fsp3) is 0.975. The van der Waals surface area contributed by atoms with E-state index in [1.165, 1.54) is 89.9 Å². The minimum Gasteiger partial charge on any atom is -0.457 e. The molecule has 0 saturated carbocycles. The molecule has 0 aromatic rings. The van der Waals surface area contributed by atoms with Crippen molar-refractivity contribution in [1.82, 2.24) is 0 Å². The molecule has 2 fully saturated rings. The Morgan fingerprint density at radius 1 is 0.537 bits per heavy atom. The molecule has 54 heavy (non-hydrogen) atoms. The van der Waals surface area contributed by atoms with Crippen LogP contribution in [-0.4, -0.2) is 142 Å². The standard InChI is InChI=1S/C40H76O14/c1-3-5-7-8-9-10-11-12-13-14-15-16-17-18-19-20-22-24-49-26-29(52-32(42)23-21-6-4-2)27-50-39-38(48)36(46)34(44)31(54-39)28-51-40-37(47)35(45)33(43)30(25-41)53-40/h29-31,33-41,43-48H,3-28H2,1-2H3. The molecule has 11 atom stereocenters. The number of unbranched alkanes of at least 4 members (excludes halogenated alkanes) is 18. The maximum atomic E-state index is 12.6. The summed E-state index contributed by atoms with van der Waals surface area (Å²) in [5, 5.41) is 71.4. The van der Waals surface area contributed by atoms with Gasteiger partial charge in [-0.1, -0.05) is 129 Å². The third-order valence-corrected chi connectivity index (χ3v) is 10.4. The summed E-state index contributed by atoms with van der Waals surface area (Å²) in [6, 6.07) is 0. The molecule has 0 amide bonds. The van der Waals surface area contributed by atoms with Gasteiger partial charge >= 0.3 is 5.97 Å². The van der Waals surface area contributed by atoms with Gasteiger partial charge in [0.25, 0.3) is 0 Å². The number of carbonyl (C=O) groups excluding carboxylic acids is 1. The van der Waals surface area contributed by atoms with Crippen molar-refractivity contribution in [1.29, 1.82) is 0 Å². The quantitative estimate of drug-likeness (QED) is 0.0383. The number of esters is 1. The fourth-order valence-electron chi connectivity index (χ4n) is 6.81. The zero-order chi connectivity index (χ0) is 39.6. The van der Waals surface area contributed by atoms with Gasteiger partial charge in [0.05, 0.1) is 26.4 Å². The molecule has 14 heteroatoms. The van der Waals surface area contributed by atoms with Gasteiger partial charge in [0.1, 0.15) is 54.9 Å². The predicted octanol–water partition coefficient (Wildman–Crippen LogP) is 3.79. The number of carbonyl (C=O) groups is 1. The van der Waals surface area contributed by atoms with Crippen LogP contribution in [-0.2, 0) is 33.2 Å². The van der Waals surface area contributed by atoms with Gasteiger partial charge in [0, 0.05) is 13.0 Å². The molecular weight excluding hydrogens is 704 g/mol. The van der Waals surface area contributed by atoms with Crippen molar-refractivity contribution in [3.63, 3.8) is 0 Å². The molecule has 0 radical (unpaired) electrons. The normalized spacial score (nSPS) is 29.4. The van der Waals surface area contributed by atoms with Gasteiger partial charge in [-0.25, -0.2) is 0 Å². The number of hydrogen-bond acceptors (Lipinski definition) is 14. The molecule has 0 aromatic heterocycles. The Hall–Kier alpha value is -1.01. The molecule has 2 saturated heterocycles. The van der Waals surface area contributed by atoms with E-state index in [9.17, 15) is 40.5 Å². The number of aliphatic hydroxyl groups excluding tert-OH is 7. The summed E-state index contributed by atoms with van der Waals surface area (Å²) >= 11 is 0. The first-order chi connectivity index (χ1) is 26.1. The highest BCUT2D eigenvalue weighted by atomic mass is 16.7. The second-order valence-corrected chi connectivity index (χ2v) is 15.2. The summed E-state index contributed by atoms with van der Waals surface area (Å²) in [5.41, 5.74) is 0. The third-order valence-electron chi connectivity index (χ3n) is 10.4. The zero-order valence-corrected chi connectivity index (χ0v) is 33.2. The van der Waals surface area contributed by atoms with E-state index in [0.29, 0.717) is 13.0 Å². The molecule has 2 aliphatic rings. The Kier molecular flexibility index (Phi) is 27.4. The van der Waals surface area contributed by atoms with Crippen LogP contribution in [0.4, 0.5) is 0 Å². The van der Waals surface area contributed by atoms with Crippen LogP contribution in [0.15, 0.2) is 0 Å². The van der Waals surface area contributed by atoms with E-state index in [0.717, 1.165) is 32.1 Å². The van der Waals surface area contributed by atoms with Gasteiger partial charge in [0.2, 0.25) is 0 Å². The minimum atomic E-state index is -1.70. The first-order valence-electron chi connectivity index (χ1n) is 21.1. The Bertz CT molecular complexity index is 912. The van der Waals surface area contributed by atoms with Crippen molar-refractivity contribution >= 4 is 5.97 Å². The van der Waals surface area contributed by atoms with Crippen molar-refractivity contribution < 1.29 is 69.0 Å². The maximum Gasteiger partial charge on any atom is 0.306 e. The maximum absolute atomic E-state index is 12.6. The molecule has 0 bridgehead atoms. The summed E-state index contributed by atoms with van der Waals surface area (Å²) in [6.45, 7) is 3.51. The number of rotatable bonds is 32. The molecule has 11 unspecified atom stereocenters. The van der Waals surface area contributed by atoms with Gasteiger partial charge in [-0.15, -0.1) is 0 Å². The van der Waals surface area contributed by atoms with Crippen LogP contribution < -0.4 is 0 Å². The van der Waals surface area contributed by atoms with Crippen LogP contribution in [0.5, 0.6) is 0 Å². The van der Waals surface area contributed by atoms with Gasteiger partial charge in [-0.05, 0) is 12.8 Å². The lowest BCUT2D eigenvalue weighted by atomic mass is 9.98. The van der Waals surface area contributed by atoms with Crippen LogP contribution in [0.3, 0.4) is 0 Å². The summed E-state index contributed by atoms with van der Waals surface area (Å²) in [7, 11) is 0. The first-order valence-corrected chi connectivity index (χ1v) is 21.1. The van der Waals surface area contributed by atoms with Crippen LogP contribution >= 0.6 is 0 Å². The van der Waals surface area contributed by atoms with Crippen LogP contribution in [0.2, 0.25) is 0 Å². The van der Waals surface area contributed by atoms with E-state index in [4.69, 9.17) is 28.4 Å². The van der Waals surface area contributed by atoms with Gasteiger partial charge in [0.15, 0.2) is 12.6 Å². The van der Waals surface area contributed by atoms with Crippen molar-refractivity contribution in [3.05, 3.63) is 0 Å². The Morgan fingerprint density at radius 2 is 0.981 bits per heavy atom. The zero-order valence-electron chi connectivity index (χ0n) is 33.2. The van der Waals surface area contributed by atoms with Gasteiger partial charge < -0.3 is 64.2 Å². The van der Waals surface area contributed by atoms with Gasteiger partial charge in [-0.3, -0.25) is 4.79 Å².